The highest BCUT2D eigenvalue weighted by Crippen LogP contribution is 2.38. The van der Waals surface area contributed by atoms with Gasteiger partial charge in [0.2, 0.25) is 0 Å². The number of oxime groups is 1. The predicted octanol–water partition coefficient (Wildman–Crippen LogP) is 7.16. The zero-order chi connectivity index (χ0) is 37.1. The number of carbonyl (C=O) groups excluding carboxylic acids is 1. The van der Waals surface area contributed by atoms with Gasteiger partial charge in [-0.3, -0.25) is 9.10 Å². The highest BCUT2D eigenvalue weighted by molar-refractivity contribution is 7.93. The van der Waals surface area contributed by atoms with E-state index in [0.29, 0.717) is 40.3 Å². The van der Waals surface area contributed by atoms with E-state index in [9.17, 15) is 23.2 Å². The number of carbonyl (C=O) groups is 1. The summed E-state index contributed by atoms with van der Waals surface area (Å²) in [6, 6.07) is 19.6. The first-order valence-electron chi connectivity index (χ1n) is 16.2. The number of halogens is 1. The molecule has 0 fully saturated rings. The fourth-order valence-corrected chi connectivity index (χ4v) is 6.90. The molecule has 0 aromatic heterocycles. The van der Waals surface area contributed by atoms with Crippen molar-refractivity contribution in [3.63, 3.8) is 0 Å². The summed E-state index contributed by atoms with van der Waals surface area (Å²) < 4.78 is 56.0. The number of esters is 1. The van der Waals surface area contributed by atoms with Gasteiger partial charge in [-0.15, -0.1) is 0 Å². The Balaban J connectivity index is 1.73. The lowest BCUT2D eigenvalue weighted by Crippen LogP contribution is -2.31. The molecule has 0 aliphatic rings. The molecule has 4 rings (SSSR count). The average molecular weight is 723 g/mol. The molecule has 0 atom stereocenters. The Hall–Kier alpha value is -5.50. The minimum absolute atomic E-state index is 0.0221. The standard InChI is InChI=1S/C37H40FN3O9S/c1-6-48-36(43)18-16-28-15-17-30(21-32(28)38)40(51(45,46)35-14-9-8-13-33(35)41(44)47-5)23-27-11-10-12-29(20-27)37-25(3)19-31(22-34(37)42)49-24-26(4)39-50-7-2/h8-15,17,19-22H,6-7,16,18,23-24H2,1-5H3/p+1/b39-26+. The molecule has 12 nitrogen and oxygen atoms in total. The number of anilines is 1. The van der Waals surface area contributed by atoms with Crippen LogP contribution in [0.5, 0.6) is 11.5 Å². The van der Waals surface area contributed by atoms with Gasteiger partial charge >= 0.3 is 11.7 Å². The molecule has 14 heteroatoms. The number of aryl methyl sites for hydroxylation is 2. The first kappa shape index (κ1) is 38.3. The minimum Gasteiger partial charge on any atom is -0.507 e. The molecule has 0 saturated heterocycles. The van der Waals surface area contributed by atoms with E-state index in [-0.39, 0.29) is 65.1 Å². The zero-order valence-electron chi connectivity index (χ0n) is 29.1. The number of benzene rings is 4. The fourth-order valence-electron chi connectivity index (χ4n) is 5.30. The van der Waals surface area contributed by atoms with Crippen LogP contribution < -0.4 is 9.04 Å². The van der Waals surface area contributed by atoms with E-state index in [1.54, 1.807) is 51.1 Å². The van der Waals surface area contributed by atoms with Crippen molar-refractivity contribution in [3.05, 3.63) is 106 Å². The van der Waals surface area contributed by atoms with Crippen molar-refractivity contribution in [1.82, 2.24) is 0 Å². The molecule has 4 aromatic carbocycles. The Morgan fingerprint density at radius 1 is 1.00 bits per heavy atom. The largest absolute Gasteiger partial charge is 0.507 e. The topological polar surface area (TPSA) is 144 Å². The Labute approximate surface area is 296 Å². The van der Waals surface area contributed by atoms with Gasteiger partial charge in [0, 0.05) is 24.1 Å². The molecule has 0 spiro atoms. The third kappa shape index (κ3) is 9.60. The van der Waals surface area contributed by atoms with Crippen molar-refractivity contribution >= 4 is 33.1 Å². The van der Waals surface area contributed by atoms with Gasteiger partial charge in [-0.2, -0.15) is 0 Å². The molecule has 51 heavy (non-hydrogen) atoms. The lowest BCUT2D eigenvalue weighted by molar-refractivity contribution is -0.738. The molecule has 0 aliphatic carbocycles. The molecule has 0 heterocycles. The fraction of sp³-hybridized carbons (Fsp3) is 0.297. The number of sulfonamides is 1. The van der Waals surface area contributed by atoms with Gasteiger partial charge in [-0.1, -0.05) is 41.6 Å². The highest BCUT2D eigenvalue weighted by Gasteiger charge is 2.35. The molecular formula is C37H41FN3O9S+. The van der Waals surface area contributed by atoms with Crippen LogP contribution in [0.15, 0.2) is 88.9 Å². The third-order valence-corrected chi connectivity index (χ3v) is 9.47. The van der Waals surface area contributed by atoms with Gasteiger partial charge in [-0.05, 0) is 86.7 Å². The van der Waals surface area contributed by atoms with Crippen LogP contribution in [0.25, 0.3) is 11.1 Å². The molecule has 0 saturated carbocycles. The van der Waals surface area contributed by atoms with Crippen molar-refractivity contribution in [3.8, 4) is 22.6 Å². The number of phenols is 1. The number of para-hydroxylation sites is 1. The molecule has 0 amide bonds. The number of rotatable bonds is 17. The highest BCUT2D eigenvalue weighted by atomic mass is 32.2. The third-order valence-electron chi connectivity index (χ3n) is 7.65. The van der Waals surface area contributed by atoms with E-state index in [0.717, 1.165) is 17.5 Å². The Morgan fingerprint density at radius 2 is 1.76 bits per heavy atom. The predicted molar refractivity (Wildman–Crippen MR) is 190 cm³/mol. The van der Waals surface area contributed by atoms with Crippen LogP contribution in [-0.4, -0.2) is 57.1 Å². The van der Waals surface area contributed by atoms with Crippen LogP contribution >= 0.6 is 0 Å². The second-order valence-electron chi connectivity index (χ2n) is 11.4. The van der Waals surface area contributed by atoms with Crippen molar-refractivity contribution in [1.29, 1.82) is 0 Å². The summed E-state index contributed by atoms with van der Waals surface area (Å²) >= 11 is 0. The van der Waals surface area contributed by atoms with Gasteiger partial charge < -0.3 is 19.4 Å². The van der Waals surface area contributed by atoms with E-state index >= 15 is 4.39 Å². The van der Waals surface area contributed by atoms with E-state index in [1.165, 1.54) is 42.5 Å². The minimum atomic E-state index is -4.53. The number of nitrogens with zero attached hydrogens (tertiary/aromatic N) is 3. The smallest absolute Gasteiger partial charge is 0.337 e. The van der Waals surface area contributed by atoms with Crippen molar-refractivity contribution in [2.75, 3.05) is 31.2 Å². The van der Waals surface area contributed by atoms with Crippen LogP contribution in [0.4, 0.5) is 15.8 Å². The molecule has 270 valence electrons. The summed E-state index contributed by atoms with van der Waals surface area (Å²) in [4.78, 5) is 33.9. The van der Waals surface area contributed by atoms with E-state index in [2.05, 4.69) is 5.16 Å². The number of aromatic hydroxyl groups is 1. The molecule has 0 unspecified atom stereocenters. The first-order chi connectivity index (χ1) is 24.4. The number of hydrogen-bond acceptors (Lipinski definition) is 10. The van der Waals surface area contributed by atoms with E-state index < -0.39 is 21.8 Å². The SMILES string of the molecule is CCO/N=C(\C)COc1cc(C)c(-c2cccc(CN(c3ccc(CCC(=O)OCC)c(F)c3)S(=O)(=O)c3ccccc3[N+](=O)OC)c2)c(O)c1. The van der Waals surface area contributed by atoms with Crippen LogP contribution in [0.2, 0.25) is 0 Å². The summed E-state index contributed by atoms with van der Waals surface area (Å²) in [5.74, 6) is -0.838. The number of hydrogen-bond donors (Lipinski definition) is 1. The molecule has 4 aromatic rings. The molecule has 0 radical (unpaired) electrons. The van der Waals surface area contributed by atoms with E-state index in [4.69, 9.17) is 19.1 Å². The van der Waals surface area contributed by atoms with E-state index in [1.807, 2.05) is 6.92 Å². The Kier molecular flexibility index (Phi) is 13.1. The van der Waals surface area contributed by atoms with Crippen LogP contribution in [0.3, 0.4) is 0 Å². The van der Waals surface area contributed by atoms with Gasteiger partial charge in [-0.25, -0.2) is 17.6 Å². The monoisotopic (exact) mass is 722 g/mol. The Morgan fingerprint density at radius 3 is 2.45 bits per heavy atom. The second-order valence-corrected chi connectivity index (χ2v) is 13.2. The van der Waals surface area contributed by atoms with Crippen molar-refractivity contribution in [2.45, 2.75) is 52.0 Å². The molecule has 1 N–H and O–H groups in total. The van der Waals surface area contributed by atoms with Gasteiger partial charge in [0.15, 0.2) is 12.0 Å². The van der Waals surface area contributed by atoms with Gasteiger partial charge in [0.05, 0.1) is 29.5 Å². The summed E-state index contributed by atoms with van der Waals surface area (Å²) in [5.41, 5.74) is 2.80. The maximum Gasteiger partial charge on any atom is 0.337 e. The lowest BCUT2D eigenvalue weighted by atomic mass is 9.97. The molecule has 0 aliphatic heterocycles. The normalized spacial score (nSPS) is 11.5. The lowest BCUT2D eigenvalue weighted by Gasteiger charge is -2.25. The summed E-state index contributed by atoms with van der Waals surface area (Å²) in [6.45, 7) is 7.56. The van der Waals surface area contributed by atoms with Gasteiger partial charge in [0.25, 0.3) is 14.9 Å². The average Bonchev–Trinajstić information content (AvgIpc) is 3.11. The van der Waals surface area contributed by atoms with Gasteiger partial charge in [0.1, 0.15) is 30.5 Å². The summed E-state index contributed by atoms with van der Waals surface area (Å²) in [5, 5.41) is 15.0. The summed E-state index contributed by atoms with van der Waals surface area (Å²) in [7, 11) is -3.42. The first-order valence-corrected chi connectivity index (χ1v) is 17.6. The maximum atomic E-state index is 15.5. The molecular weight excluding hydrogens is 681 g/mol. The maximum absolute atomic E-state index is 15.5. The Bertz CT molecular complexity index is 2000. The number of ether oxygens (including phenoxy) is 2. The van der Waals surface area contributed by atoms with Crippen molar-refractivity contribution in [2.24, 2.45) is 5.16 Å². The van der Waals surface area contributed by atoms with Crippen LogP contribution in [-0.2, 0) is 42.2 Å². The van der Waals surface area contributed by atoms with Crippen LogP contribution in [0.1, 0.15) is 43.9 Å². The van der Waals surface area contributed by atoms with Crippen molar-refractivity contribution < 1.29 is 46.8 Å². The molecule has 0 bridgehead atoms. The number of phenolic OH excluding ortho intramolecular Hbond substituents is 1. The quantitative estimate of drug-likeness (QED) is 0.0682. The second kappa shape index (κ2) is 17.4. The zero-order valence-corrected chi connectivity index (χ0v) is 29.9. The van der Waals surface area contributed by atoms with Crippen LogP contribution in [0, 0.1) is 17.6 Å². The summed E-state index contributed by atoms with van der Waals surface area (Å²) in [6.07, 6.45) is -0.00147.